The third-order valence-corrected chi connectivity index (χ3v) is 4.56. The molecule has 148 valence electrons. The summed E-state index contributed by atoms with van der Waals surface area (Å²) in [5.41, 5.74) is 2.25. The summed E-state index contributed by atoms with van der Waals surface area (Å²) < 4.78 is 21.5. The van der Waals surface area contributed by atoms with Crippen molar-refractivity contribution in [3.63, 3.8) is 0 Å². The summed E-state index contributed by atoms with van der Waals surface area (Å²) in [7, 11) is 10.8. The van der Waals surface area contributed by atoms with Crippen molar-refractivity contribution in [2.45, 2.75) is 12.6 Å². The SMILES string of the molecule is COc1ccc(CNC[C@H](c2ccc(OC)c(OC)c2)N(C)C)c(OC)c1. The van der Waals surface area contributed by atoms with Gasteiger partial charge in [0.2, 0.25) is 0 Å². The van der Waals surface area contributed by atoms with Crippen molar-refractivity contribution in [3.8, 4) is 23.0 Å². The molecule has 0 unspecified atom stereocenters. The van der Waals surface area contributed by atoms with Gasteiger partial charge in [0, 0.05) is 30.8 Å². The van der Waals surface area contributed by atoms with Crippen molar-refractivity contribution in [1.82, 2.24) is 10.2 Å². The van der Waals surface area contributed by atoms with Crippen LogP contribution in [0.4, 0.5) is 0 Å². The van der Waals surface area contributed by atoms with Crippen LogP contribution in [0, 0.1) is 0 Å². The molecular formula is C21H30N2O4. The van der Waals surface area contributed by atoms with Gasteiger partial charge in [0.15, 0.2) is 11.5 Å². The quantitative estimate of drug-likeness (QED) is 0.690. The lowest BCUT2D eigenvalue weighted by atomic mass is 10.0. The molecule has 0 fully saturated rings. The molecule has 2 rings (SSSR count). The van der Waals surface area contributed by atoms with Crippen LogP contribution in [0.2, 0.25) is 0 Å². The van der Waals surface area contributed by atoms with Gasteiger partial charge in [-0.15, -0.1) is 0 Å². The summed E-state index contributed by atoms with van der Waals surface area (Å²) >= 11 is 0. The van der Waals surface area contributed by atoms with Crippen molar-refractivity contribution in [2.75, 3.05) is 49.1 Å². The van der Waals surface area contributed by atoms with Crippen LogP contribution >= 0.6 is 0 Å². The Bertz CT molecular complexity index is 734. The molecule has 1 N–H and O–H groups in total. The molecule has 2 aromatic rings. The van der Waals surface area contributed by atoms with E-state index in [-0.39, 0.29) is 6.04 Å². The molecule has 0 aliphatic rings. The molecule has 0 aliphatic carbocycles. The molecule has 0 aliphatic heterocycles. The van der Waals surface area contributed by atoms with E-state index in [9.17, 15) is 0 Å². The Morgan fingerprint density at radius 2 is 1.52 bits per heavy atom. The van der Waals surface area contributed by atoms with Gasteiger partial charge in [0.05, 0.1) is 28.4 Å². The zero-order chi connectivity index (χ0) is 19.8. The number of hydrogen-bond donors (Lipinski definition) is 1. The van der Waals surface area contributed by atoms with Crippen molar-refractivity contribution in [2.24, 2.45) is 0 Å². The number of nitrogens with one attached hydrogen (secondary N) is 1. The van der Waals surface area contributed by atoms with Gasteiger partial charge in [-0.3, -0.25) is 0 Å². The van der Waals surface area contributed by atoms with Crippen molar-refractivity contribution in [1.29, 1.82) is 0 Å². The van der Waals surface area contributed by atoms with E-state index >= 15 is 0 Å². The van der Waals surface area contributed by atoms with Gasteiger partial charge in [0.1, 0.15) is 11.5 Å². The van der Waals surface area contributed by atoms with Crippen molar-refractivity contribution in [3.05, 3.63) is 47.5 Å². The number of nitrogens with zero attached hydrogens (tertiary/aromatic N) is 1. The van der Waals surface area contributed by atoms with E-state index in [1.165, 1.54) is 0 Å². The maximum atomic E-state index is 5.47. The maximum absolute atomic E-state index is 5.47. The number of ether oxygens (including phenoxy) is 4. The van der Waals surface area contributed by atoms with Gasteiger partial charge in [-0.05, 0) is 37.9 Å². The predicted octanol–water partition coefficient (Wildman–Crippen LogP) is 3.11. The van der Waals surface area contributed by atoms with E-state index < -0.39 is 0 Å². The molecule has 6 heteroatoms. The summed E-state index contributed by atoms with van der Waals surface area (Å²) in [6.45, 7) is 1.47. The number of hydrogen-bond acceptors (Lipinski definition) is 6. The minimum absolute atomic E-state index is 0.189. The number of likely N-dealkylation sites (N-methyl/N-ethyl adjacent to an activating group) is 1. The van der Waals surface area contributed by atoms with E-state index in [4.69, 9.17) is 18.9 Å². The Labute approximate surface area is 162 Å². The fraction of sp³-hybridized carbons (Fsp3) is 0.429. The van der Waals surface area contributed by atoms with Crippen molar-refractivity contribution >= 4 is 0 Å². The van der Waals surface area contributed by atoms with Crippen LogP contribution in [-0.2, 0) is 6.54 Å². The molecule has 0 bridgehead atoms. The summed E-state index contributed by atoms with van der Waals surface area (Å²) in [5.74, 6) is 3.06. The van der Waals surface area contributed by atoms with Gasteiger partial charge in [-0.2, -0.15) is 0 Å². The molecule has 0 spiro atoms. The predicted molar refractivity (Wildman–Crippen MR) is 107 cm³/mol. The smallest absolute Gasteiger partial charge is 0.161 e. The van der Waals surface area contributed by atoms with Gasteiger partial charge < -0.3 is 29.2 Å². The number of benzene rings is 2. The van der Waals surface area contributed by atoms with E-state index in [2.05, 4.69) is 30.4 Å². The largest absolute Gasteiger partial charge is 0.497 e. The molecule has 0 radical (unpaired) electrons. The first-order chi connectivity index (χ1) is 13.0. The van der Waals surface area contributed by atoms with E-state index in [1.54, 1.807) is 28.4 Å². The highest BCUT2D eigenvalue weighted by molar-refractivity contribution is 5.44. The standard InChI is InChI=1S/C21H30N2O4/c1-23(2)18(15-8-10-19(25-4)21(11-15)27-6)14-22-13-16-7-9-17(24-3)12-20(16)26-5/h7-12,18,22H,13-14H2,1-6H3/t18-/m1/s1. The van der Waals surface area contributed by atoms with Crippen LogP contribution < -0.4 is 24.3 Å². The van der Waals surface area contributed by atoms with E-state index in [0.29, 0.717) is 6.54 Å². The monoisotopic (exact) mass is 374 g/mol. The Morgan fingerprint density at radius 3 is 2.11 bits per heavy atom. The van der Waals surface area contributed by atoms with E-state index in [0.717, 1.165) is 40.7 Å². The van der Waals surface area contributed by atoms with E-state index in [1.807, 2.05) is 30.3 Å². The van der Waals surface area contributed by atoms with Crippen LogP contribution in [0.5, 0.6) is 23.0 Å². The highest BCUT2D eigenvalue weighted by Gasteiger charge is 2.17. The topological polar surface area (TPSA) is 52.2 Å². The molecule has 27 heavy (non-hydrogen) atoms. The molecular weight excluding hydrogens is 344 g/mol. The highest BCUT2D eigenvalue weighted by atomic mass is 16.5. The lowest BCUT2D eigenvalue weighted by Gasteiger charge is -2.26. The Balaban J connectivity index is 2.10. The molecule has 6 nitrogen and oxygen atoms in total. The number of methoxy groups -OCH3 is 4. The molecule has 0 saturated carbocycles. The lowest BCUT2D eigenvalue weighted by molar-refractivity contribution is 0.285. The van der Waals surface area contributed by atoms with Crippen LogP contribution in [0.1, 0.15) is 17.2 Å². The third kappa shape index (κ3) is 5.28. The Kier molecular flexibility index (Phi) is 7.76. The second-order valence-electron chi connectivity index (χ2n) is 6.40. The Hall–Kier alpha value is -2.44. The third-order valence-electron chi connectivity index (χ3n) is 4.56. The zero-order valence-electron chi connectivity index (χ0n) is 17.0. The zero-order valence-corrected chi connectivity index (χ0v) is 17.0. The average Bonchev–Trinajstić information content (AvgIpc) is 2.70. The first-order valence-corrected chi connectivity index (χ1v) is 8.84. The van der Waals surface area contributed by atoms with Gasteiger partial charge >= 0.3 is 0 Å². The van der Waals surface area contributed by atoms with Crippen molar-refractivity contribution < 1.29 is 18.9 Å². The van der Waals surface area contributed by atoms with Gasteiger partial charge in [0.25, 0.3) is 0 Å². The van der Waals surface area contributed by atoms with Gasteiger partial charge in [-0.1, -0.05) is 12.1 Å². The molecule has 0 amide bonds. The molecule has 0 heterocycles. The molecule has 1 atom stereocenters. The lowest BCUT2D eigenvalue weighted by Crippen LogP contribution is -2.31. The van der Waals surface area contributed by atoms with Crippen LogP contribution in [0.25, 0.3) is 0 Å². The summed E-state index contributed by atoms with van der Waals surface area (Å²) in [5, 5.41) is 3.53. The maximum Gasteiger partial charge on any atom is 0.161 e. The fourth-order valence-corrected chi connectivity index (χ4v) is 3.00. The fourth-order valence-electron chi connectivity index (χ4n) is 3.00. The van der Waals surface area contributed by atoms with Crippen LogP contribution in [0.15, 0.2) is 36.4 Å². The summed E-state index contributed by atoms with van der Waals surface area (Å²) in [6.07, 6.45) is 0. The average molecular weight is 374 g/mol. The summed E-state index contributed by atoms with van der Waals surface area (Å²) in [4.78, 5) is 2.18. The second-order valence-corrected chi connectivity index (χ2v) is 6.40. The number of rotatable bonds is 10. The minimum Gasteiger partial charge on any atom is -0.497 e. The highest BCUT2D eigenvalue weighted by Crippen LogP contribution is 2.31. The summed E-state index contributed by atoms with van der Waals surface area (Å²) in [6, 6.07) is 12.1. The van der Waals surface area contributed by atoms with Crippen LogP contribution in [-0.4, -0.2) is 54.0 Å². The van der Waals surface area contributed by atoms with Crippen LogP contribution in [0.3, 0.4) is 0 Å². The first-order valence-electron chi connectivity index (χ1n) is 8.84. The molecule has 0 aromatic heterocycles. The second kappa shape index (κ2) is 10.0. The Morgan fingerprint density at radius 1 is 0.815 bits per heavy atom. The first kappa shape index (κ1) is 20.9. The normalized spacial score (nSPS) is 12.0. The molecule has 2 aromatic carbocycles. The minimum atomic E-state index is 0.189. The molecule has 0 saturated heterocycles. The van der Waals surface area contributed by atoms with Gasteiger partial charge in [-0.25, -0.2) is 0 Å².